The molecule has 4 rings (SSSR count). The molecule has 1 N–H and O–H groups in total. The van der Waals surface area contributed by atoms with Crippen LogP contribution in [0.25, 0.3) is 0 Å². The van der Waals surface area contributed by atoms with Gasteiger partial charge in [0.1, 0.15) is 0 Å². The topological polar surface area (TPSA) is 91.2 Å². The molecule has 0 aromatic heterocycles. The molecule has 3 heterocycles. The Hall–Kier alpha value is -1.87. The third-order valence-corrected chi connectivity index (χ3v) is 7.18. The molecule has 1 amide bonds. The van der Waals surface area contributed by atoms with Crippen LogP contribution in [0, 0.1) is 0 Å². The molecule has 132 valence electrons. The summed E-state index contributed by atoms with van der Waals surface area (Å²) in [4.78, 5) is 16.8. The molecule has 0 bridgehead atoms. The first-order valence-corrected chi connectivity index (χ1v) is 10.9. The Morgan fingerprint density at radius 1 is 1.36 bits per heavy atom. The number of nitrogens with one attached hydrogen (secondary N) is 1. The molecule has 1 fully saturated rings. The minimum Gasteiger partial charge on any atom is -0.352 e. The molecule has 0 radical (unpaired) electrons. The van der Waals surface area contributed by atoms with Crippen molar-refractivity contribution in [1.29, 1.82) is 0 Å². The summed E-state index contributed by atoms with van der Waals surface area (Å²) in [6, 6.07) is 7.83. The van der Waals surface area contributed by atoms with Crippen molar-refractivity contribution < 1.29 is 13.2 Å². The minimum atomic E-state index is -2.99. The highest BCUT2D eigenvalue weighted by molar-refractivity contribution is 8.14. The number of amidine groups is 1. The third-order valence-electron chi connectivity index (χ3n) is 4.47. The second-order valence-corrected chi connectivity index (χ2v) is 9.47. The zero-order chi connectivity index (χ0) is 17.4. The smallest absolute Gasteiger partial charge is 0.230 e. The van der Waals surface area contributed by atoms with Crippen LogP contribution in [0.15, 0.2) is 34.4 Å². The number of para-hydroxylation sites is 1. The quantitative estimate of drug-likeness (QED) is 0.860. The molecule has 25 heavy (non-hydrogen) atoms. The Balaban J connectivity index is 1.41. The van der Waals surface area contributed by atoms with Gasteiger partial charge in [0, 0.05) is 24.2 Å². The number of fused-ring (bicyclic) bond motifs is 3. The van der Waals surface area contributed by atoms with Crippen LogP contribution < -0.4 is 5.32 Å². The van der Waals surface area contributed by atoms with E-state index in [1.807, 2.05) is 29.4 Å². The molecule has 3 aliphatic heterocycles. The fourth-order valence-corrected chi connectivity index (χ4v) is 5.78. The zero-order valence-electron chi connectivity index (χ0n) is 13.5. The first-order chi connectivity index (χ1) is 12.0. The van der Waals surface area contributed by atoms with Gasteiger partial charge in [-0.2, -0.15) is 5.10 Å². The summed E-state index contributed by atoms with van der Waals surface area (Å²) >= 11 is 1.33. The van der Waals surface area contributed by atoms with Crippen molar-refractivity contribution in [3.8, 4) is 0 Å². The van der Waals surface area contributed by atoms with Crippen LogP contribution in [0.5, 0.6) is 0 Å². The van der Waals surface area contributed by atoms with Crippen LogP contribution >= 0.6 is 11.8 Å². The predicted molar refractivity (Wildman–Crippen MR) is 98.9 cm³/mol. The second kappa shape index (κ2) is 6.45. The number of hydrogen-bond donors (Lipinski definition) is 1. The van der Waals surface area contributed by atoms with E-state index in [0.29, 0.717) is 11.6 Å². The Morgan fingerprint density at radius 3 is 3.00 bits per heavy atom. The van der Waals surface area contributed by atoms with Crippen LogP contribution in [0.3, 0.4) is 0 Å². The molecule has 0 aliphatic carbocycles. The van der Waals surface area contributed by atoms with Crippen LogP contribution in [0.2, 0.25) is 0 Å². The molecular weight excluding hydrogens is 360 g/mol. The molecule has 0 spiro atoms. The molecule has 2 unspecified atom stereocenters. The summed E-state index contributed by atoms with van der Waals surface area (Å²) in [6.07, 6.45) is 3.18. The van der Waals surface area contributed by atoms with E-state index in [4.69, 9.17) is 0 Å². The van der Waals surface area contributed by atoms with Gasteiger partial charge in [0.15, 0.2) is 15.0 Å². The van der Waals surface area contributed by atoms with Gasteiger partial charge in [-0.25, -0.2) is 18.4 Å². The van der Waals surface area contributed by atoms with E-state index >= 15 is 0 Å². The lowest BCUT2D eigenvalue weighted by Crippen LogP contribution is -2.37. The number of carbonyl (C=O) groups is 1. The summed E-state index contributed by atoms with van der Waals surface area (Å²) in [7, 11) is -2.99. The van der Waals surface area contributed by atoms with Crippen molar-refractivity contribution in [3.05, 3.63) is 29.8 Å². The average Bonchev–Trinajstić information content (AvgIpc) is 3.19. The van der Waals surface area contributed by atoms with Crippen molar-refractivity contribution in [2.75, 3.05) is 17.3 Å². The SMILES string of the molecule is O=C(CSC1=Nc2ccccc2C2CC=NN12)NC1CCS(=O)(=O)C1. The number of aliphatic imine (C=N–C) groups is 1. The molecule has 1 saturated heterocycles. The van der Waals surface area contributed by atoms with E-state index < -0.39 is 9.84 Å². The fraction of sp³-hybridized carbons (Fsp3) is 0.438. The summed E-state index contributed by atoms with van der Waals surface area (Å²) < 4.78 is 22.9. The van der Waals surface area contributed by atoms with Gasteiger partial charge >= 0.3 is 0 Å². The monoisotopic (exact) mass is 378 g/mol. The van der Waals surface area contributed by atoms with E-state index in [9.17, 15) is 13.2 Å². The van der Waals surface area contributed by atoms with Crippen LogP contribution in [-0.4, -0.2) is 54.0 Å². The van der Waals surface area contributed by atoms with Gasteiger partial charge in [-0.3, -0.25) is 4.79 Å². The van der Waals surface area contributed by atoms with Crippen molar-refractivity contribution in [1.82, 2.24) is 10.3 Å². The lowest BCUT2D eigenvalue weighted by atomic mass is 10.0. The van der Waals surface area contributed by atoms with Crippen molar-refractivity contribution >= 4 is 44.6 Å². The summed E-state index contributed by atoms with van der Waals surface area (Å²) in [5.41, 5.74) is 2.06. The summed E-state index contributed by atoms with van der Waals surface area (Å²) in [5, 5.41) is 9.75. The Bertz CT molecular complexity index is 866. The minimum absolute atomic E-state index is 0.0379. The van der Waals surface area contributed by atoms with Crippen LogP contribution in [0.4, 0.5) is 5.69 Å². The number of amides is 1. The Labute approximate surface area is 150 Å². The van der Waals surface area contributed by atoms with Gasteiger partial charge in [-0.05, 0) is 12.5 Å². The lowest BCUT2D eigenvalue weighted by molar-refractivity contribution is -0.119. The lowest BCUT2D eigenvalue weighted by Gasteiger charge is -2.29. The first-order valence-electron chi connectivity index (χ1n) is 8.14. The highest BCUT2D eigenvalue weighted by atomic mass is 32.2. The molecule has 3 aliphatic rings. The molecule has 1 aromatic rings. The number of rotatable bonds is 3. The molecule has 0 saturated carbocycles. The summed E-state index contributed by atoms with van der Waals surface area (Å²) in [5.74, 6) is 0.207. The standard InChI is InChI=1S/C16H18N4O3S2/c21-15(18-11-6-8-25(22,23)10-11)9-24-16-19-13-4-2-1-3-12(13)14-5-7-17-20(14)16/h1-4,7,11,14H,5-6,8-10H2,(H,18,21). The highest BCUT2D eigenvalue weighted by Crippen LogP contribution is 2.40. The number of hydrogen-bond acceptors (Lipinski definition) is 7. The van der Waals surface area contributed by atoms with E-state index in [1.165, 1.54) is 11.8 Å². The van der Waals surface area contributed by atoms with Gasteiger partial charge < -0.3 is 5.32 Å². The number of benzene rings is 1. The summed E-state index contributed by atoms with van der Waals surface area (Å²) in [6.45, 7) is 0. The van der Waals surface area contributed by atoms with Crippen molar-refractivity contribution in [2.45, 2.75) is 24.9 Å². The second-order valence-electron chi connectivity index (χ2n) is 6.30. The molecule has 9 heteroatoms. The third kappa shape index (κ3) is 3.43. The largest absolute Gasteiger partial charge is 0.352 e. The normalized spacial score (nSPS) is 26.1. The Kier molecular flexibility index (Phi) is 4.28. The van der Waals surface area contributed by atoms with E-state index in [0.717, 1.165) is 17.7 Å². The highest BCUT2D eigenvalue weighted by Gasteiger charge is 2.33. The zero-order valence-corrected chi connectivity index (χ0v) is 15.1. The maximum Gasteiger partial charge on any atom is 0.230 e. The van der Waals surface area contributed by atoms with E-state index in [2.05, 4.69) is 21.5 Å². The van der Waals surface area contributed by atoms with Gasteiger partial charge in [0.05, 0.1) is 29.0 Å². The maximum absolute atomic E-state index is 12.2. The van der Waals surface area contributed by atoms with Crippen molar-refractivity contribution in [3.63, 3.8) is 0 Å². The van der Waals surface area contributed by atoms with Gasteiger partial charge in [0.2, 0.25) is 5.91 Å². The van der Waals surface area contributed by atoms with Gasteiger partial charge in [0.25, 0.3) is 0 Å². The first kappa shape index (κ1) is 16.6. The average molecular weight is 378 g/mol. The van der Waals surface area contributed by atoms with Crippen LogP contribution in [0.1, 0.15) is 24.4 Å². The molecule has 2 atom stereocenters. The number of hydrazone groups is 1. The number of nitrogens with zero attached hydrogens (tertiary/aromatic N) is 3. The number of carbonyl (C=O) groups excluding carboxylic acids is 1. The Morgan fingerprint density at radius 2 is 2.20 bits per heavy atom. The van der Waals surface area contributed by atoms with Crippen molar-refractivity contribution in [2.24, 2.45) is 10.1 Å². The van der Waals surface area contributed by atoms with E-state index in [1.54, 1.807) is 0 Å². The number of sulfone groups is 1. The molecular formula is C16H18N4O3S2. The predicted octanol–water partition coefficient (Wildman–Crippen LogP) is 1.46. The van der Waals surface area contributed by atoms with Gasteiger partial charge in [-0.1, -0.05) is 30.0 Å². The number of thioether (sulfide) groups is 1. The van der Waals surface area contributed by atoms with Gasteiger partial charge in [-0.15, -0.1) is 0 Å². The maximum atomic E-state index is 12.2. The fourth-order valence-electron chi connectivity index (χ4n) is 3.29. The molecule has 7 nitrogen and oxygen atoms in total. The molecule has 1 aromatic carbocycles. The van der Waals surface area contributed by atoms with E-state index in [-0.39, 0.29) is 35.2 Å². The van der Waals surface area contributed by atoms with Crippen LogP contribution in [-0.2, 0) is 14.6 Å².